The van der Waals surface area contributed by atoms with Crippen molar-refractivity contribution in [2.75, 3.05) is 0 Å². The van der Waals surface area contributed by atoms with Crippen molar-refractivity contribution in [3.63, 3.8) is 0 Å². The van der Waals surface area contributed by atoms with Crippen molar-refractivity contribution < 1.29 is 9.53 Å². The van der Waals surface area contributed by atoms with Crippen LogP contribution >= 0.6 is 0 Å². The first-order valence-electron chi connectivity index (χ1n) is 20.4. The van der Waals surface area contributed by atoms with E-state index in [1.54, 1.807) is 6.33 Å². The summed E-state index contributed by atoms with van der Waals surface area (Å²) in [5.74, 6) is 0. The highest BCUT2D eigenvalue weighted by atomic mass is 28.3. The number of aliphatic hydroxyl groups is 1. The molecule has 59 heavy (non-hydrogen) atoms. The van der Waals surface area contributed by atoms with E-state index in [1.807, 2.05) is 30.7 Å². The normalized spacial score (nSPS) is 12.5. The molecule has 1 atom stereocenters. The number of hydrogen-bond acceptors (Lipinski definition) is 4. The van der Waals surface area contributed by atoms with Crippen molar-refractivity contribution in [3.05, 3.63) is 252 Å². The first-order chi connectivity index (χ1) is 28.7. The standard InChI is InChI=1S/C29H34N2OSi.C23H20N2O/c1-28(2,3)27(32-33(4)5)26-21-31(22-30-26)29(23-15-9-6-10-16-23,24-17-11-7-12-18-24)25-19-13-8-14-20-25;26-17-22-16-25(18-24-22)23(19-10-4-1-5-11-19,20-12-6-2-7-13-20)21-14-8-3-9-15-21/h6-22,27,33H,1-5H3;1-16,18,26H,17H2. The maximum absolute atomic E-state index is 9.55. The molecule has 0 aliphatic rings. The van der Waals surface area contributed by atoms with Crippen LogP contribution < -0.4 is 0 Å². The van der Waals surface area contributed by atoms with Gasteiger partial charge in [-0.15, -0.1) is 0 Å². The molecular weight excluding hydrogens is 741 g/mol. The SMILES string of the molecule is C[SiH](C)OC(c1cn(C(c2ccccc2)(c2ccccc2)c2ccccc2)cn1)C(C)(C)C.OCc1cn(C(c2ccccc2)(c2ccccc2)c2ccccc2)cn1. The highest BCUT2D eigenvalue weighted by Crippen LogP contribution is 2.43. The van der Waals surface area contributed by atoms with Crippen molar-refractivity contribution in [3.8, 4) is 0 Å². The predicted octanol–water partition coefficient (Wildman–Crippen LogP) is 11.0. The molecule has 0 amide bonds. The molecule has 0 aliphatic carbocycles. The Morgan fingerprint density at radius 1 is 0.492 bits per heavy atom. The Kier molecular flexibility index (Phi) is 12.7. The van der Waals surface area contributed by atoms with Gasteiger partial charge in [0.05, 0.1) is 36.8 Å². The number of hydrogen-bond donors (Lipinski definition) is 1. The maximum Gasteiger partial charge on any atom is 0.171 e. The van der Waals surface area contributed by atoms with Gasteiger partial charge in [-0.2, -0.15) is 0 Å². The summed E-state index contributed by atoms with van der Waals surface area (Å²) in [5, 5.41) is 9.55. The lowest BCUT2D eigenvalue weighted by molar-refractivity contribution is 0.0829. The largest absolute Gasteiger partial charge is 0.412 e. The molecule has 1 N–H and O–H groups in total. The Morgan fingerprint density at radius 2 is 0.797 bits per heavy atom. The zero-order valence-electron chi connectivity index (χ0n) is 34.6. The molecule has 7 heteroatoms. The van der Waals surface area contributed by atoms with E-state index in [9.17, 15) is 5.11 Å². The summed E-state index contributed by atoms with van der Waals surface area (Å²) in [6, 6.07) is 63.3. The van der Waals surface area contributed by atoms with Crippen LogP contribution in [0.15, 0.2) is 207 Å². The molecule has 2 aromatic heterocycles. The summed E-state index contributed by atoms with van der Waals surface area (Å²) < 4.78 is 10.9. The smallest absolute Gasteiger partial charge is 0.171 e. The average molecular weight is 795 g/mol. The molecule has 8 rings (SSSR count). The van der Waals surface area contributed by atoms with Crippen molar-refractivity contribution >= 4 is 9.04 Å². The van der Waals surface area contributed by atoms with Crippen LogP contribution in [0, 0.1) is 5.41 Å². The lowest BCUT2D eigenvalue weighted by Gasteiger charge is -2.37. The van der Waals surface area contributed by atoms with E-state index in [2.05, 4.69) is 218 Å². The molecule has 2 heterocycles. The summed E-state index contributed by atoms with van der Waals surface area (Å²) in [6.45, 7) is 11.0. The molecule has 0 saturated carbocycles. The van der Waals surface area contributed by atoms with Gasteiger partial charge in [0.25, 0.3) is 0 Å². The monoisotopic (exact) mass is 794 g/mol. The number of benzene rings is 6. The first kappa shape index (κ1) is 41.1. The van der Waals surface area contributed by atoms with Crippen LogP contribution in [0.25, 0.3) is 0 Å². The highest BCUT2D eigenvalue weighted by Gasteiger charge is 2.40. The van der Waals surface area contributed by atoms with Gasteiger partial charge < -0.3 is 18.7 Å². The zero-order chi connectivity index (χ0) is 41.3. The summed E-state index contributed by atoms with van der Waals surface area (Å²) >= 11 is 0. The fourth-order valence-corrected chi connectivity index (χ4v) is 9.34. The summed E-state index contributed by atoms with van der Waals surface area (Å²) in [4.78, 5) is 9.33. The third-order valence-electron chi connectivity index (χ3n) is 10.8. The van der Waals surface area contributed by atoms with Gasteiger partial charge in [0.2, 0.25) is 0 Å². The quantitative estimate of drug-likeness (QED) is 0.0988. The van der Waals surface area contributed by atoms with E-state index in [1.165, 1.54) is 16.7 Å². The molecular formula is C52H54N4O2Si. The van der Waals surface area contributed by atoms with Crippen LogP contribution in [-0.2, 0) is 22.1 Å². The Hall–Kier alpha value is -6.12. The van der Waals surface area contributed by atoms with E-state index in [0.29, 0.717) is 5.69 Å². The van der Waals surface area contributed by atoms with Crippen LogP contribution in [0.3, 0.4) is 0 Å². The van der Waals surface area contributed by atoms with Crippen molar-refractivity contribution in [1.29, 1.82) is 0 Å². The minimum atomic E-state index is -1.26. The molecule has 298 valence electrons. The summed E-state index contributed by atoms with van der Waals surface area (Å²) in [6.07, 6.45) is 7.85. The first-order valence-corrected chi connectivity index (χ1v) is 23.1. The van der Waals surface area contributed by atoms with Gasteiger partial charge in [0.1, 0.15) is 11.1 Å². The lowest BCUT2D eigenvalue weighted by Crippen LogP contribution is -2.37. The second-order valence-corrected chi connectivity index (χ2v) is 18.6. The molecule has 6 nitrogen and oxygen atoms in total. The van der Waals surface area contributed by atoms with Crippen LogP contribution in [0.2, 0.25) is 13.1 Å². The maximum atomic E-state index is 9.55. The third-order valence-corrected chi connectivity index (χ3v) is 11.6. The fraction of sp³-hybridized carbons (Fsp3) is 0.192. The minimum Gasteiger partial charge on any atom is -0.412 e. The molecule has 0 bridgehead atoms. The van der Waals surface area contributed by atoms with Crippen molar-refractivity contribution in [2.24, 2.45) is 5.41 Å². The van der Waals surface area contributed by atoms with Gasteiger partial charge in [-0.1, -0.05) is 203 Å². The molecule has 0 saturated heterocycles. The second-order valence-electron chi connectivity index (χ2n) is 16.2. The Morgan fingerprint density at radius 3 is 1.07 bits per heavy atom. The van der Waals surface area contributed by atoms with Crippen LogP contribution in [0.4, 0.5) is 0 Å². The number of nitrogens with zero attached hydrogens (tertiary/aromatic N) is 4. The van der Waals surface area contributed by atoms with E-state index >= 15 is 0 Å². The van der Waals surface area contributed by atoms with Gasteiger partial charge in [-0.3, -0.25) is 0 Å². The molecule has 8 aromatic rings. The van der Waals surface area contributed by atoms with Gasteiger partial charge in [0.15, 0.2) is 9.04 Å². The van der Waals surface area contributed by atoms with E-state index in [-0.39, 0.29) is 18.1 Å². The number of aromatic nitrogens is 4. The summed E-state index contributed by atoms with van der Waals surface area (Å²) in [5.41, 5.74) is 7.46. The minimum absolute atomic E-state index is 0.0502. The molecule has 0 aliphatic heterocycles. The van der Waals surface area contributed by atoms with E-state index in [4.69, 9.17) is 9.41 Å². The number of rotatable bonds is 12. The second kappa shape index (κ2) is 18.2. The molecule has 0 spiro atoms. The van der Waals surface area contributed by atoms with Gasteiger partial charge in [-0.25, -0.2) is 9.97 Å². The lowest BCUT2D eigenvalue weighted by atomic mass is 9.76. The van der Waals surface area contributed by atoms with E-state index in [0.717, 1.165) is 22.4 Å². The van der Waals surface area contributed by atoms with Crippen molar-refractivity contribution in [1.82, 2.24) is 19.1 Å². The third kappa shape index (κ3) is 8.41. The average Bonchev–Trinajstić information content (AvgIpc) is 3.97. The fourth-order valence-electron chi connectivity index (χ4n) is 8.25. The van der Waals surface area contributed by atoms with Crippen molar-refractivity contribution in [2.45, 2.75) is 57.7 Å². The summed E-state index contributed by atoms with van der Waals surface area (Å²) in [7, 11) is -1.26. The number of imidazole rings is 2. The Bertz CT molecular complexity index is 2270. The predicted molar refractivity (Wildman–Crippen MR) is 242 cm³/mol. The van der Waals surface area contributed by atoms with E-state index < -0.39 is 20.1 Å². The molecule has 1 unspecified atom stereocenters. The Balaban J connectivity index is 0.000000184. The van der Waals surface area contributed by atoms with Gasteiger partial charge in [-0.05, 0) is 51.9 Å². The highest BCUT2D eigenvalue weighted by molar-refractivity contribution is 6.48. The number of aliphatic hydroxyl groups excluding tert-OH is 1. The topological polar surface area (TPSA) is 65.1 Å². The molecule has 0 radical (unpaired) electrons. The van der Waals surface area contributed by atoms with Gasteiger partial charge >= 0.3 is 0 Å². The molecule has 6 aromatic carbocycles. The van der Waals surface area contributed by atoms with Crippen LogP contribution in [0.5, 0.6) is 0 Å². The zero-order valence-corrected chi connectivity index (χ0v) is 35.8. The molecule has 0 fully saturated rings. The Labute approximate surface area is 351 Å². The van der Waals surface area contributed by atoms with Crippen LogP contribution in [-0.4, -0.2) is 33.2 Å². The van der Waals surface area contributed by atoms with Crippen LogP contribution in [0.1, 0.15) is 71.6 Å². The van der Waals surface area contributed by atoms with Gasteiger partial charge in [0, 0.05) is 12.4 Å².